The Morgan fingerprint density at radius 2 is 1.00 bits per heavy atom. The molecule has 0 aromatic carbocycles. The van der Waals surface area contributed by atoms with E-state index in [1.54, 1.807) is 0 Å². The van der Waals surface area contributed by atoms with Crippen molar-refractivity contribution in [2.24, 2.45) is 0 Å². The molecule has 0 saturated carbocycles. The quantitative estimate of drug-likeness (QED) is 0.464. The van der Waals surface area contributed by atoms with E-state index in [9.17, 15) is 0 Å². The van der Waals surface area contributed by atoms with Gasteiger partial charge in [-0.05, 0) is 0 Å². The van der Waals surface area contributed by atoms with E-state index in [0.717, 1.165) is 0 Å². The van der Waals surface area contributed by atoms with Gasteiger partial charge in [0.1, 0.15) is 0 Å². The Morgan fingerprint density at radius 3 is 1.00 bits per heavy atom. The van der Waals surface area contributed by atoms with Crippen molar-refractivity contribution in [1.29, 1.82) is 0 Å². The Balaban J connectivity index is 0. The number of hydrogen-bond donors (Lipinski definition) is 0. The van der Waals surface area contributed by atoms with Crippen molar-refractivity contribution < 1.29 is 53.4 Å². The Bertz CT molecular complexity index is 11.6. The van der Waals surface area contributed by atoms with Crippen molar-refractivity contribution in [3.8, 4) is 0 Å². The molecule has 1 nitrogen and oxygen atoms in total. The van der Waals surface area contributed by atoms with Gasteiger partial charge in [0.2, 0.25) is 0 Å². The molecule has 5 heteroatoms. The maximum absolute atomic E-state index is 0. The van der Waals surface area contributed by atoms with Gasteiger partial charge in [0.25, 0.3) is 0 Å². The maximum atomic E-state index is 0. The first-order chi connectivity index (χ1) is 0. The van der Waals surface area contributed by atoms with Gasteiger partial charge in [-0.1, -0.05) is 0 Å². The van der Waals surface area contributed by atoms with Crippen LogP contribution in [0, 0.1) is 0 Å². The summed E-state index contributed by atoms with van der Waals surface area (Å²) < 4.78 is 0. The first kappa shape index (κ1) is 54.6. The molecular weight excluding hydrogens is 210 g/mol. The van der Waals surface area contributed by atoms with Crippen molar-refractivity contribution in [2.75, 3.05) is 0 Å². The van der Waals surface area contributed by atoms with Gasteiger partial charge in [-0.25, -0.2) is 0 Å². The van der Waals surface area contributed by atoms with E-state index in [4.69, 9.17) is 0 Å². The smallest absolute Gasteiger partial charge is 2.00 e. The fourth-order valence-corrected chi connectivity index (χ4v) is 0. The fraction of sp³-hybridized carbons (Fsp3) is 0. The van der Waals surface area contributed by atoms with Gasteiger partial charge in [-0.2, -0.15) is 0 Å². The van der Waals surface area contributed by atoms with Crippen LogP contribution < -0.4 is 0 Å². The minimum Gasteiger partial charge on any atom is -2.00 e. The van der Waals surface area contributed by atoms with Gasteiger partial charge in [-0.3, -0.25) is 0 Å². The zero-order valence-corrected chi connectivity index (χ0v) is 8.66. The molecule has 0 fully saturated rings. The molecule has 0 unspecified atom stereocenters. The first-order valence-electron chi connectivity index (χ1n) is 0. The zero-order chi connectivity index (χ0) is 0. The molecule has 0 aromatic heterocycles. The molecule has 0 aromatic rings. The van der Waals surface area contributed by atoms with Gasteiger partial charge in [-0.15, -0.1) is 0 Å². The van der Waals surface area contributed by atoms with Crippen LogP contribution in [0.4, 0.5) is 0 Å². The molecular formula is AlOSiTiZr+13. The Labute approximate surface area is 80.8 Å². The summed E-state index contributed by atoms with van der Waals surface area (Å²) in [5.74, 6) is 0. The van der Waals surface area contributed by atoms with Crippen LogP contribution in [0.5, 0.6) is 0 Å². The third-order valence-corrected chi connectivity index (χ3v) is 0. The minimum absolute atomic E-state index is 0. The van der Waals surface area contributed by atoms with Crippen molar-refractivity contribution in [3.63, 3.8) is 0 Å². The predicted octanol–water partition coefficient (Wildman–Crippen LogP) is -0.885. The van der Waals surface area contributed by atoms with Crippen molar-refractivity contribution >= 4 is 28.3 Å². The van der Waals surface area contributed by atoms with Gasteiger partial charge >= 0.3 is 76.2 Å². The topological polar surface area (TPSA) is 28.5 Å². The van der Waals surface area contributed by atoms with Gasteiger partial charge < -0.3 is 5.48 Å². The third-order valence-electron chi connectivity index (χ3n) is 0. The summed E-state index contributed by atoms with van der Waals surface area (Å²) >= 11 is 0. The molecule has 0 aliphatic carbocycles. The predicted molar refractivity (Wildman–Crippen MR) is 12.2 cm³/mol. The normalized spacial score (nSPS) is 0. The monoisotopic (exact) mass is 209 g/mol. The molecule has 0 bridgehead atoms. The summed E-state index contributed by atoms with van der Waals surface area (Å²) in [6.45, 7) is 0. The molecule has 0 rings (SSSR count). The van der Waals surface area contributed by atoms with E-state index in [1.165, 1.54) is 0 Å². The summed E-state index contributed by atoms with van der Waals surface area (Å²) in [5.41, 5.74) is 0. The molecule has 8 valence electrons. The van der Waals surface area contributed by atoms with E-state index < -0.39 is 0 Å². The average Bonchev–Trinajstić information content (AvgIpc) is 0. The molecule has 0 aliphatic heterocycles. The van der Waals surface area contributed by atoms with Gasteiger partial charge in [0, 0.05) is 0 Å². The molecule has 0 N–H and O–H groups in total. The van der Waals surface area contributed by atoms with Crippen LogP contribution in [0.3, 0.4) is 0 Å². The van der Waals surface area contributed by atoms with Crippen LogP contribution in [0.15, 0.2) is 0 Å². The maximum Gasteiger partial charge on any atom is 4.00 e. The molecule has 0 radical (unpaired) electrons. The molecule has 0 atom stereocenters. The summed E-state index contributed by atoms with van der Waals surface area (Å²) in [7, 11) is 0. The second-order valence-electron chi connectivity index (χ2n) is 0. The summed E-state index contributed by atoms with van der Waals surface area (Å²) in [4.78, 5) is 0. The van der Waals surface area contributed by atoms with Crippen LogP contribution in [-0.4, -0.2) is 28.3 Å². The van der Waals surface area contributed by atoms with E-state index in [1.807, 2.05) is 0 Å². The van der Waals surface area contributed by atoms with Crippen molar-refractivity contribution in [3.05, 3.63) is 0 Å². The molecule has 0 saturated heterocycles. The molecule has 0 heterocycles. The van der Waals surface area contributed by atoms with E-state index >= 15 is 0 Å². The summed E-state index contributed by atoms with van der Waals surface area (Å²) in [6, 6.07) is 0. The average molecular weight is 210 g/mol. The second-order valence-corrected chi connectivity index (χ2v) is 0. The molecule has 0 amide bonds. The van der Waals surface area contributed by atoms with Gasteiger partial charge in [0.15, 0.2) is 0 Å². The fourth-order valence-electron chi connectivity index (χ4n) is 0. The van der Waals surface area contributed by atoms with Crippen LogP contribution >= 0.6 is 0 Å². The second kappa shape index (κ2) is 33.4. The summed E-state index contributed by atoms with van der Waals surface area (Å²) in [6.07, 6.45) is 0. The van der Waals surface area contributed by atoms with Crippen molar-refractivity contribution in [2.45, 2.75) is 0 Å². The van der Waals surface area contributed by atoms with E-state index in [2.05, 4.69) is 0 Å². The van der Waals surface area contributed by atoms with Crippen LogP contribution in [-0.2, 0) is 53.4 Å². The Hall–Kier alpha value is 2.31. The van der Waals surface area contributed by atoms with Crippen LogP contribution in [0.1, 0.15) is 0 Å². The molecule has 0 spiro atoms. The van der Waals surface area contributed by atoms with Crippen LogP contribution in [0.25, 0.3) is 0 Å². The van der Waals surface area contributed by atoms with E-state index in [-0.39, 0.29) is 81.7 Å². The minimum atomic E-state index is 0. The number of hydrogen-bond acceptors (Lipinski definition) is 0. The van der Waals surface area contributed by atoms with Crippen molar-refractivity contribution in [1.82, 2.24) is 0 Å². The zero-order valence-electron chi connectivity index (χ0n) is 2.49. The molecule has 0 aliphatic rings. The van der Waals surface area contributed by atoms with Gasteiger partial charge in [0.05, 0.1) is 0 Å². The summed E-state index contributed by atoms with van der Waals surface area (Å²) in [5, 5.41) is 0. The standard InChI is InChI=1S/Al.O.Si.Ti.Zr/q+3;-2;3*+4. The Kier molecular flexibility index (Phi) is 365. The number of rotatable bonds is 0. The third kappa shape index (κ3) is 22.0. The largest absolute Gasteiger partial charge is 4.00 e. The first-order valence-corrected chi connectivity index (χ1v) is 0. The van der Waals surface area contributed by atoms with Crippen LogP contribution in [0.2, 0.25) is 0 Å². The Morgan fingerprint density at radius 1 is 1.00 bits per heavy atom. The SMILES string of the molecule is [Al+3].[O-2].[Si+4].[Ti+4].[Zr+4]. The molecule has 5 heavy (non-hydrogen) atoms. The van der Waals surface area contributed by atoms with E-state index in [0.29, 0.717) is 0 Å².